The normalized spacial score (nSPS) is 5.36. The van der Waals surface area contributed by atoms with E-state index in [2.05, 4.69) is 36.3 Å². The molecule has 0 fully saturated rings. The quantitative estimate of drug-likeness (QED) is 0.255. The minimum Gasteiger partial charge on any atom is -1.00 e. The number of nitrogens with two attached hydrogens (primary N) is 1. The molecule has 0 saturated heterocycles. The molecule has 0 heterocycles. The van der Waals surface area contributed by atoms with Crippen LogP contribution in [0.15, 0.2) is 0 Å². The van der Waals surface area contributed by atoms with Crippen molar-refractivity contribution in [2.24, 2.45) is 5.73 Å². The van der Waals surface area contributed by atoms with Crippen LogP contribution < -0.4 is 62.4 Å². The summed E-state index contributed by atoms with van der Waals surface area (Å²) in [7, 11) is 1.52. The zero-order valence-corrected chi connectivity index (χ0v) is 11.2. The van der Waals surface area contributed by atoms with Gasteiger partial charge in [-0.15, -0.1) is 0 Å². The van der Waals surface area contributed by atoms with Gasteiger partial charge in [0.05, 0.1) is 0 Å². The van der Waals surface area contributed by atoms with Crippen LogP contribution in [0, 0.1) is 0 Å². The van der Waals surface area contributed by atoms with E-state index >= 15 is 0 Å². The number of hydrogen-bond acceptors (Lipinski definition) is 2. The molecule has 0 bridgehead atoms. The van der Waals surface area contributed by atoms with Gasteiger partial charge in [-0.3, -0.25) is 9.59 Å². The molecule has 5 N–H and O–H groups in total. The Hall–Kier alpha value is 1.24. The summed E-state index contributed by atoms with van der Waals surface area (Å²) in [5.74, 6) is 0. The first-order chi connectivity index (χ1) is 4.00. The van der Waals surface area contributed by atoms with Crippen molar-refractivity contribution in [2.45, 2.75) is 0 Å². The van der Waals surface area contributed by atoms with E-state index in [0.29, 0.717) is 0 Å². The first-order valence-corrected chi connectivity index (χ1v) is 2.79. The van der Waals surface area contributed by atoms with E-state index in [9.17, 15) is 4.79 Å². The summed E-state index contributed by atoms with van der Waals surface area (Å²) in [5.41, 5.74) is 4.34. The molecule has 0 atom stereocenters. The molecule has 0 aromatic rings. The van der Waals surface area contributed by atoms with Crippen molar-refractivity contribution in [3.63, 3.8) is 0 Å². The number of hydrogen-bond donors (Lipinski definition) is 4. The van der Waals surface area contributed by atoms with Crippen molar-refractivity contribution < 1.29 is 67.9 Å². The summed E-state index contributed by atoms with van der Waals surface area (Å²) in [4.78, 5) is 18.7. The van der Waals surface area contributed by atoms with Gasteiger partial charge < -0.3 is 18.0 Å². The van der Waals surface area contributed by atoms with Crippen LogP contribution in [0.5, 0.6) is 0 Å². The monoisotopic (exact) mass is 226 g/mol. The van der Waals surface area contributed by atoms with E-state index in [4.69, 9.17) is 4.79 Å². The van der Waals surface area contributed by atoms with Gasteiger partial charge in [0.1, 0.15) is 0 Å². The van der Waals surface area contributed by atoms with Crippen molar-refractivity contribution in [1.29, 1.82) is 0 Å². The number of nitrogens with one attached hydrogen (secondary N) is 1. The Morgan fingerprint density at radius 3 is 1.55 bits per heavy atom. The molecule has 0 aliphatic heterocycles. The Labute approximate surface area is 120 Å². The summed E-state index contributed by atoms with van der Waals surface area (Å²) < 4.78 is 0. The van der Waals surface area contributed by atoms with E-state index in [0.717, 1.165) is 0 Å². The zero-order chi connectivity index (χ0) is 7.86. The third-order valence-electron chi connectivity index (χ3n) is 0.214. The van der Waals surface area contributed by atoms with Gasteiger partial charge in [-0.25, -0.2) is 0 Å². The van der Waals surface area contributed by atoms with Crippen LogP contribution in [-0.2, 0) is 0 Å². The largest absolute Gasteiger partial charge is 1.00 e. The number of primary amides is 1. The molecule has 0 aliphatic carbocycles. The van der Waals surface area contributed by atoms with Crippen LogP contribution in [-0.4, -0.2) is 23.0 Å². The molecule has 0 saturated carbocycles. The van der Waals surface area contributed by atoms with Crippen LogP contribution in [0.4, 0.5) is 9.59 Å². The van der Waals surface area contributed by atoms with Crippen LogP contribution in [0.25, 0.3) is 0 Å². The van der Waals surface area contributed by atoms with E-state index in [1.807, 2.05) is 0 Å². The van der Waals surface area contributed by atoms with Gasteiger partial charge in [-0.2, -0.15) is 0 Å². The third-order valence-corrected chi connectivity index (χ3v) is 0.437. The zero-order valence-electron chi connectivity index (χ0n) is 7.29. The smallest absolute Gasteiger partial charge is 1.00 e. The predicted molar refractivity (Wildman–Crippen MR) is 46.7 cm³/mol. The second kappa shape index (κ2) is 17.4. The maximum Gasteiger partial charge on any atom is 1.00 e. The number of rotatable bonds is 0. The van der Waals surface area contributed by atoms with Crippen molar-refractivity contribution in [2.75, 3.05) is 7.05 Å². The number of amides is 2. The van der Waals surface area contributed by atoms with Crippen LogP contribution in [0.3, 0.4) is 0 Å². The molecule has 0 aromatic carbocycles. The van der Waals surface area contributed by atoms with Gasteiger partial charge in [-0.05, 0) is 0 Å². The minimum absolute atomic E-state index is 0. The van der Waals surface area contributed by atoms with E-state index in [1.54, 1.807) is 0 Å². The molecule has 0 unspecified atom stereocenters. The number of thiol groups is 2. The number of carbonyl (C=O) groups excluding carboxylic acids is 2. The van der Waals surface area contributed by atoms with Gasteiger partial charge in [0.15, 0.2) is 0 Å². The average Bonchev–Trinajstić information content (AvgIpc) is 1.65. The fraction of sp³-hybridized carbons (Fsp3) is 0.333. The maximum absolute atomic E-state index is 9.57. The topological polar surface area (TPSA) is 104 Å². The summed E-state index contributed by atoms with van der Waals surface area (Å²) in [5, 5.41) is 1.31. The van der Waals surface area contributed by atoms with Gasteiger partial charge in [0.2, 0.25) is 0 Å². The fourth-order valence-corrected chi connectivity index (χ4v) is 0. The first-order valence-electron chi connectivity index (χ1n) is 1.89. The standard InChI is InChI=1S/C2H5NOS.CH3NOS.K.H2O.H/c1-3-2(4)5;2-1(3)4;;;/h1H3,(H2,3,4,5);(H3,2,3,4);;1H2;/q;;+1;;-1. The van der Waals surface area contributed by atoms with Gasteiger partial charge >= 0.3 is 51.4 Å². The van der Waals surface area contributed by atoms with Crippen molar-refractivity contribution in [3.05, 3.63) is 0 Å². The minimum atomic E-state index is -0.639. The van der Waals surface area contributed by atoms with Crippen LogP contribution in [0.1, 0.15) is 1.43 Å². The molecule has 0 aliphatic rings. The van der Waals surface area contributed by atoms with Crippen molar-refractivity contribution in [3.8, 4) is 0 Å². The Balaban J connectivity index is -0.0000000221. The molecule has 0 radical (unpaired) electrons. The van der Waals surface area contributed by atoms with E-state index in [1.165, 1.54) is 7.05 Å². The predicted octanol–water partition coefficient (Wildman–Crippen LogP) is -3.46. The van der Waals surface area contributed by atoms with Crippen LogP contribution in [0.2, 0.25) is 0 Å². The molecule has 0 aromatic heterocycles. The second-order valence-corrected chi connectivity index (χ2v) is 1.74. The van der Waals surface area contributed by atoms with Gasteiger partial charge in [-0.1, -0.05) is 25.3 Å². The summed E-state index contributed by atoms with van der Waals surface area (Å²) in [6, 6.07) is 0. The summed E-state index contributed by atoms with van der Waals surface area (Å²) in [6.45, 7) is 0. The van der Waals surface area contributed by atoms with Crippen molar-refractivity contribution in [1.82, 2.24) is 5.32 Å². The van der Waals surface area contributed by atoms with Crippen LogP contribution >= 0.6 is 25.3 Å². The molecule has 0 rings (SSSR count). The van der Waals surface area contributed by atoms with Gasteiger partial charge in [0.25, 0.3) is 10.5 Å². The van der Waals surface area contributed by atoms with Crippen molar-refractivity contribution >= 4 is 35.7 Å². The molecular formula is C3H11KN2O3S2. The number of carbonyl (C=O) groups is 2. The Bertz CT molecular complexity index is 114. The third kappa shape index (κ3) is 91.5. The molecule has 0 spiro atoms. The van der Waals surface area contributed by atoms with E-state index in [-0.39, 0.29) is 63.5 Å². The second-order valence-electron chi connectivity index (χ2n) is 0.893. The Kier molecular flexibility index (Phi) is 35.9. The van der Waals surface area contributed by atoms with Gasteiger partial charge in [0, 0.05) is 7.05 Å². The van der Waals surface area contributed by atoms with E-state index < -0.39 is 5.24 Å². The molecule has 11 heavy (non-hydrogen) atoms. The molecular weight excluding hydrogens is 215 g/mol. The Morgan fingerprint density at radius 2 is 1.55 bits per heavy atom. The molecule has 8 heteroatoms. The first kappa shape index (κ1) is 22.8. The maximum atomic E-state index is 9.57. The molecule has 64 valence electrons. The summed E-state index contributed by atoms with van der Waals surface area (Å²) >= 11 is 6.45. The molecule has 2 amide bonds. The average molecular weight is 226 g/mol. The molecule has 5 nitrogen and oxygen atoms in total. The Morgan fingerprint density at radius 1 is 1.45 bits per heavy atom. The fourth-order valence-electron chi connectivity index (χ4n) is 0. The summed E-state index contributed by atoms with van der Waals surface area (Å²) in [6.07, 6.45) is 0. The SMILES string of the molecule is CNC(=O)S.NC(=O)S.O.[H-].[K+].